The third kappa shape index (κ3) is 9.34. The van der Waals surface area contributed by atoms with Crippen molar-refractivity contribution < 1.29 is 13.5 Å². The van der Waals surface area contributed by atoms with E-state index in [1.54, 1.807) is 6.07 Å². The lowest BCUT2D eigenvalue weighted by molar-refractivity contribution is 0.189. The average Bonchev–Trinajstić information content (AvgIpc) is 3.36. The van der Waals surface area contributed by atoms with Crippen molar-refractivity contribution in [3.8, 4) is 12.1 Å². The van der Waals surface area contributed by atoms with Gasteiger partial charge < -0.3 is 25.6 Å². The zero-order valence-corrected chi connectivity index (χ0v) is 27.0. The van der Waals surface area contributed by atoms with Crippen LogP contribution in [0.2, 0.25) is 5.02 Å². The molecule has 1 unspecified atom stereocenters. The van der Waals surface area contributed by atoms with Gasteiger partial charge in [-0.1, -0.05) is 23.8 Å². The zero-order valence-electron chi connectivity index (χ0n) is 25.4. The van der Waals surface area contributed by atoms with E-state index in [0.29, 0.717) is 24.3 Å². The molecular weight excluding hydrogens is 592 g/mol. The summed E-state index contributed by atoms with van der Waals surface area (Å²) in [6, 6.07) is 5.04. The van der Waals surface area contributed by atoms with Gasteiger partial charge in [-0.15, -0.1) is 11.3 Å². The van der Waals surface area contributed by atoms with E-state index in [1.807, 2.05) is 41.1 Å². The number of unbranched alkanes of at least 4 members (excludes halogenated alkanes) is 1. The first kappa shape index (κ1) is 34.2. The number of nitrogen functional groups attached to an aromatic ring is 1. The van der Waals surface area contributed by atoms with Gasteiger partial charge in [0.1, 0.15) is 28.2 Å². The smallest absolute Gasteiger partial charge is 0.319 e. The normalized spacial score (nSPS) is 12.8. The van der Waals surface area contributed by atoms with Gasteiger partial charge in [-0.2, -0.15) is 15.2 Å². The van der Waals surface area contributed by atoms with E-state index in [-0.39, 0.29) is 43.7 Å². The van der Waals surface area contributed by atoms with Crippen LogP contribution in [-0.2, 0) is 0 Å². The van der Waals surface area contributed by atoms with Crippen LogP contribution >= 0.6 is 22.9 Å². The quantitative estimate of drug-likeness (QED) is 0.130. The molecule has 1 aromatic carbocycles. The number of ether oxygens (including phenoxy) is 1. The van der Waals surface area contributed by atoms with Gasteiger partial charge >= 0.3 is 6.01 Å². The van der Waals surface area contributed by atoms with Gasteiger partial charge in [0, 0.05) is 24.0 Å². The van der Waals surface area contributed by atoms with E-state index >= 15 is 4.39 Å². The number of fused-ring (bicyclic) bond motifs is 1. The molecule has 0 saturated carbocycles. The second kappa shape index (κ2) is 16.5. The molecule has 8 nitrogen and oxygen atoms in total. The lowest BCUT2D eigenvalue weighted by Crippen LogP contribution is -2.28. The minimum atomic E-state index is -0.655. The van der Waals surface area contributed by atoms with Crippen LogP contribution in [0, 0.1) is 17.1 Å². The summed E-state index contributed by atoms with van der Waals surface area (Å²) in [7, 11) is 5.98. The second-order valence-corrected chi connectivity index (χ2v) is 11.9. The summed E-state index contributed by atoms with van der Waals surface area (Å²) in [4.78, 5) is 13.6. The largest absolute Gasteiger partial charge is 0.460 e. The van der Waals surface area contributed by atoms with Crippen molar-refractivity contribution in [2.24, 2.45) is 0 Å². The molecule has 0 saturated heterocycles. The Balaban J connectivity index is 1.99. The fraction of sp³-hybridized carbons (Fsp3) is 0.452. The van der Waals surface area contributed by atoms with Gasteiger partial charge in [0.25, 0.3) is 0 Å². The van der Waals surface area contributed by atoms with Crippen LogP contribution < -0.4 is 20.7 Å². The Bertz CT molecular complexity index is 1490. The molecule has 0 spiro atoms. The Morgan fingerprint density at radius 2 is 2.02 bits per heavy atom. The van der Waals surface area contributed by atoms with Gasteiger partial charge in [-0.3, -0.25) is 0 Å². The molecule has 0 radical (unpaired) electrons. The van der Waals surface area contributed by atoms with Crippen LogP contribution in [0.25, 0.3) is 22.8 Å². The Kier molecular flexibility index (Phi) is 13.1. The molecule has 0 aliphatic carbocycles. The molecule has 0 fully saturated rings. The lowest BCUT2D eigenvalue weighted by Gasteiger charge is -2.25. The van der Waals surface area contributed by atoms with Crippen molar-refractivity contribution in [3.05, 3.63) is 51.1 Å². The molecule has 12 heteroatoms. The fourth-order valence-electron chi connectivity index (χ4n) is 4.50. The van der Waals surface area contributed by atoms with Gasteiger partial charge in [0.2, 0.25) is 0 Å². The number of allylic oxidation sites excluding steroid dienone is 2. The summed E-state index contributed by atoms with van der Waals surface area (Å²) in [5, 5.41) is 13.1. The van der Waals surface area contributed by atoms with Crippen molar-refractivity contribution in [2.45, 2.75) is 45.6 Å². The standard InChI is InChI=1S/C31H40ClF2N7OS/c1-6-41(16-10-14-37-3)30-23-18-24(32)22(12-9-13-25(33)26-17-21(19-35)29(36)43-26)27(34)28(23)38-31(39-30)42-20(2)11-7-8-15-40(4)5/h9,12-13,17-18,20,37H,6-8,10-11,14-16,36H2,1-5H3/b12-9+,25-13+. The maximum Gasteiger partial charge on any atom is 0.319 e. The first-order chi connectivity index (χ1) is 20.6. The molecule has 0 amide bonds. The number of nitriles is 1. The van der Waals surface area contributed by atoms with Gasteiger partial charge in [0.15, 0.2) is 5.82 Å². The van der Waals surface area contributed by atoms with E-state index < -0.39 is 11.6 Å². The minimum absolute atomic E-state index is 0.0622. The summed E-state index contributed by atoms with van der Waals surface area (Å²) >= 11 is 7.54. The molecule has 0 bridgehead atoms. The first-order valence-electron chi connectivity index (χ1n) is 14.3. The van der Waals surface area contributed by atoms with Gasteiger partial charge in [-0.25, -0.2) is 8.78 Å². The number of hydrogen-bond donors (Lipinski definition) is 2. The zero-order chi connectivity index (χ0) is 31.5. The minimum Gasteiger partial charge on any atom is -0.460 e. The lowest BCUT2D eigenvalue weighted by atomic mass is 10.1. The first-order valence-corrected chi connectivity index (χ1v) is 15.5. The molecule has 3 N–H and O–H groups in total. The summed E-state index contributed by atoms with van der Waals surface area (Å²) in [5.74, 6) is -0.714. The highest BCUT2D eigenvalue weighted by Crippen LogP contribution is 2.35. The Hall–Kier alpha value is -3.30. The number of hydrogen-bond acceptors (Lipinski definition) is 9. The van der Waals surface area contributed by atoms with E-state index in [9.17, 15) is 4.39 Å². The number of rotatable bonds is 16. The molecule has 232 valence electrons. The molecule has 0 aliphatic rings. The van der Waals surface area contributed by atoms with Crippen LogP contribution in [0.3, 0.4) is 0 Å². The van der Waals surface area contributed by atoms with Crippen LogP contribution in [-0.4, -0.2) is 68.3 Å². The summed E-state index contributed by atoms with van der Waals surface area (Å²) in [6.45, 7) is 7.11. The highest BCUT2D eigenvalue weighted by molar-refractivity contribution is 7.17. The van der Waals surface area contributed by atoms with E-state index in [4.69, 9.17) is 32.3 Å². The number of nitrogens with one attached hydrogen (secondary N) is 1. The van der Waals surface area contributed by atoms with Crippen LogP contribution in [0.15, 0.2) is 24.3 Å². The number of halogens is 3. The predicted octanol–water partition coefficient (Wildman–Crippen LogP) is 6.90. The second-order valence-electron chi connectivity index (χ2n) is 10.5. The number of nitrogens with two attached hydrogens (primary N) is 1. The SMILES string of the molecule is CCN(CCCNC)c1nc(OC(C)CCCCN(C)C)nc2c(F)c(/C=C/C=C(/F)c3cc(C#N)c(N)s3)c(Cl)cc12. The molecular formula is C31H40ClF2N7OS. The topological polar surface area (TPSA) is 103 Å². The Morgan fingerprint density at radius 1 is 1.26 bits per heavy atom. The average molecular weight is 632 g/mol. The van der Waals surface area contributed by atoms with Crippen LogP contribution in [0.5, 0.6) is 6.01 Å². The number of nitrogens with zero attached hydrogens (tertiary/aromatic N) is 5. The molecule has 3 aromatic rings. The van der Waals surface area contributed by atoms with Crippen LogP contribution in [0.4, 0.5) is 19.6 Å². The van der Waals surface area contributed by atoms with Crippen molar-refractivity contribution in [3.63, 3.8) is 0 Å². The monoisotopic (exact) mass is 631 g/mol. The number of anilines is 2. The predicted molar refractivity (Wildman–Crippen MR) is 175 cm³/mol. The van der Waals surface area contributed by atoms with Gasteiger partial charge in [0.05, 0.1) is 21.6 Å². The summed E-state index contributed by atoms with van der Waals surface area (Å²) in [6.07, 6.45) is 7.44. The highest BCUT2D eigenvalue weighted by Gasteiger charge is 2.21. The van der Waals surface area contributed by atoms with E-state index in [1.165, 1.54) is 24.3 Å². The molecule has 0 aliphatic heterocycles. The number of aromatic nitrogens is 2. The summed E-state index contributed by atoms with van der Waals surface area (Å²) < 4.78 is 36.9. The Morgan fingerprint density at radius 3 is 2.67 bits per heavy atom. The highest BCUT2D eigenvalue weighted by atomic mass is 35.5. The third-order valence-electron chi connectivity index (χ3n) is 6.81. The van der Waals surface area contributed by atoms with Crippen molar-refractivity contribution in [1.29, 1.82) is 5.26 Å². The molecule has 2 heterocycles. The van der Waals surface area contributed by atoms with Crippen LogP contribution in [0.1, 0.15) is 55.5 Å². The number of thiophene rings is 1. The van der Waals surface area contributed by atoms with Gasteiger partial charge in [-0.05, 0) is 92.0 Å². The Labute approximate surface area is 261 Å². The van der Waals surface area contributed by atoms with E-state index in [2.05, 4.69) is 20.1 Å². The third-order valence-corrected chi connectivity index (χ3v) is 8.09. The number of benzene rings is 1. The maximum atomic E-state index is 16.1. The molecule has 43 heavy (non-hydrogen) atoms. The van der Waals surface area contributed by atoms with Crippen molar-refractivity contribution >= 4 is 56.6 Å². The molecule has 3 rings (SSSR count). The van der Waals surface area contributed by atoms with Crippen molar-refractivity contribution in [1.82, 2.24) is 20.2 Å². The summed E-state index contributed by atoms with van der Waals surface area (Å²) in [5.41, 5.74) is 6.09. The van der Waals surface area contributed by atoms with Crippen molar-refractivity contribution in [2.75, 3.05) is 58.0 Å². The molecule has 1 atom stereocenters. The molecule has 2 aromatic heterocycles. The fourth-order valence-corrected chi connectivity index (χ4v) is 5.55. The maximum absolute atomic E-state index is 16.1. The van der Waals surface area contributed by atoms with E-state index in [0.717, 1.165) is 50.1 Å².